The number of phenols is 2. The van der Waals surface area contributed by atoms with Gasteiger partial charge in [-0.1, -0.05) is 36.4 Å². The van der Waals surface area contributed by atoms with Crippen molar-refractivity contribution in [2.45, 2.75) is 6.42 Å². The summed E-state index contributed by atoms with van der Waals surface area (Å²) >= 11 is 0. The van der Waals surface area contributed by atoms with E-state index < -0.39 is 5.75 Å². The van der Waals surface area contributed by atoms with Crippen molar-refractivity contribution in [1.82, 2.24) is 0 Å². The minimum Gasteiger partial charge on any atom is -0.504 e. The number of ketones is 1. The molecule has 2 aromatic carbocycles. The van der Waals surface area contributed by atoms with Gasteiger partial charge < -0.3 is 15.1 Å². The lowest BCUT2D eigenvalue weighted by molar-refractivity contribution is 0.103. The standard InChI is InChI=1S/C16H13NO3/c1-17-10-9-12-7-8-13(16(20)15(12)19)14(18)11-5-3-2-4-6-11/h2-8,19-20H,9-10H2. The Morgan fingerprint density at radius 3 is 2.40 bits per heavy atom. The van der Waals surface area contributed by atoms with Gasteiger partial charge in [-0.15, -0.1) is 0 Å². The predicted molar refractivity (Wildman–Crippen MR) is 74.8 cm³/mol. The minimum absolute atomic E-state index is 0.0558. The third kappa shape index (κ3) is 2.62. The smallest absolute Gasteiger partial charge is 0.218 e. The Balaban J connectivity index is 2.37. The molecule has 0 aliphatic carbocycles. The SMILES string of the molecule is [C-]#[N+]CCc1ccc(C(=O)c2ccccc2)c(O)c1O. The van der Waals surface area contributed by atoms with Gasteiger partial charge in [0.05, 0.1) is 5.56 Å². The van der Waals surface area contributed by atoms with Gasteiger partial charge in [-0.2, -0.15) is 0 Å². The molecule has 20 heavy (non-hydrogen) atoms. The van der Waals surface area contributed by atoms with Gasteiger partial charge in [-0.25, -0.2) is 6.57 Å². The van der Waals surface area contributed by atoms with Gasteiger partial charge in [0.1, 0.15) is 0 Å². The lowest BCUT2D eigenvalue weighted by Crippen LogP contribution is -2.02. The van der Waals surface area contributed by atoms with Gasteiger partial charge in [0.15, 0.2) is 17.3 Å². The minimum atomic E-state index is -0.429. The van der Waals surface area contributed by atoms with E-state index in [1.54, 1.807) is 36.4 Å². The Morgan fingerprint density at radius 1 is 1.05 bits per heavy atom. The molecule has 4 heteroatoms. The molecule has 0 unspecified atom stereocenters. The van der Waals surface area contributed by atoms with E-state index in [1.807, 2.05) is 0 Å². The first-order valence-corrected chi connectivity index (χ1v) is 6.12. The average molecular weight is 267 g/mol. The van der Waals surface area contributed by atoms with Crippen molar-refractivity contribution in [3.05, 3.63) is 70.6 Å². The fourth-order valence-electron chi connectivity index (χ4n) is 1.93. The molecule has 0 saturated carbocycles. The quantitative estimate of drug-likeness (QED) is 0.508. The Hall–Kier alpha value is -2.80. The van der Waals surface area contributed by atoms with Crippen LogP contribution in [-0.4, -0.2) is 22.5 Å². The molecule has 0 aromatic heterocycles. The molecule has 0 aliphatic rings. The summed E-state index contributed by atoms with van der Waals surface area (Å²) < 4.78 is 0. The van der Waals surface area contributed by atoms with Crippen LogP contribution in [0.5, 0.6) is 11.5 Å². The Kier molecular flexibility index (Phi) is 4.02. The number of nitrogens with zero attached hydrogens (tertiary/aromatic N) is 1. The summed E-state index contributed by atoms with van der Waals surface area (Å²) in [7, 11) is 0. The molecule has 0 amide bonds. The molecule has 4 nitrogen and oxygen atoms in total. The molecular weight excluding hydrogens is 254 g/mol. The van der Waals surface area contributed by atoms with Crippen molar-refractivity contribution in [3.63, 3.8) is 0 Å². The van der Waals surface area contributed by atoms with Crippen LogP contribution in [0.2, 0.25) is 0 Å². The maximum atomic E-state index is 12.2. The van der Waals surface area contributed by atoms with Crippen LogP contribution >= 0.6 is 0 Å². The van der Waals surface area contributed by atoms with E-state index in [4.69, 9.17) is 6.57 Å². The van der Waals surface area contributed by atoms with Crippen molar-refractivity contribution in [2.24, 2.45) is 0 Å². The number of benzene rings is 2. The maximum Gasteiger partial charge on any atom is 0.218 e. The zero-order valence-electron chi connectivity index (χ0n) is 10.7. The van der Waals surface area contributed by atoms with Gasteiger partial charge in [-0.05, 0) is 6.07 Å². The van der Waals surface area contributed by atoms with Crippen LogP contribution in [0.3, 0.4) is 0 Å². The molecule has 2 aromatic rings. The van der Waals surface area contributed by atoms with Crippen LogP contribution in [0.1, 0.15) is 21.5 Å². The summed E-state index contributed by atoms with van der Waals surface area (Å²) in [6.07, 6.45) is 0.336. The highest BCUT2D eigenvalue weighted by Gasteiger charge is 2.18. The van der Waals surface area contributed by atoms with Gasteiger partial charge in [0.25, 0.3) is 0 Å². The molecule has 0 atom stereocenters. The summed E-state index contributed by atoms with van der Waals surface area (Å²) in [5, 5.41) is 19.9. The first kappa shape index (κ1) is 13.6. The zero-order chi connectivity index (χ0) is 14.5. The normalized spacial score (nSPS) is 9.95. The highest BCUT2D eigenvalue weighted by molar-refractivity contribution is 6.11. The molecule has 0 heterocycles. The molecule has 0 radical (unpaired) electrons. The van der Waals surface area contributed by atoms with Crippen molar-refractivity contribution >= 4 is 5.78 Å². The molecule has 0 fully saturated rings. The molecule has 100 valence electrons. The molecule has 0 aliphatic heterocycles. The second-order valence-electron chi connectivity index (χ2n) is 4.30. The van der Waals surface area contributed by atoms with Crippen LogP contribution in [0.4, 0.5) is 0 Å². The molecule has 2 N–H and O–H groups in total. The average Bonchev–Trinajstić information content (AvgIpc) is 2.49. The number of phenolic OH excluding ortho intramolecular Hbond substituents is 2. The van der Waals surface area contributed by atoms with Gasteiger partial charge in [-0.3, -0.25) is 4.79 Å². The van der Waals surface area contributed by atoms with Gasteiger partial charge in [0, 0.05) is 17.5 Å². The van der Waals surface area contributed by atoms with Crippen molar-refractivity contribution in [2.75, 3.05) is 6.54 Å². The number of carbonyl (C=O) groups is 1. The first-order valence-electron chi connectivity index (χ1n) is 6.12. The molecule has 2 rings (SSSR count). The van der Waals surface area contributed by atoms with Gasteiger partial charge in [0.2, 0.25) is 6.54 Å². The molecular formula is C16H13NO3. The van der Waals surface area contributed by atoms with Crippen LogP contribution in [-0.2, 0) is 6.42 Å². The second-order valence-corrected chi connectivity index (χ2v) is 4.30. The number of aromatic hydroxyl groups is 2. The third-order valence-corrected chi connectivity index (χ3v) is 3.01. The fourth-order valence-corrected chi connectivity index (χ4v) is 1.93. The summed E-state index contributed by atoms with van der Waals surface area (Å²) in [4.78, 5) is 15.4. The van der Waals surface area contributed by atoms with E-state index in [1.165, 1.54) is 6.07 Å². The summed E-state index contributed by atoms with van der Waals surface area (Å²) in [5.41, 5.74) is 0.958. The summed E-state index contributed by atoms with van der Waals surface area (Å²) in [5.74, 6) is -1.10. The van der Waals surface area contributed by atoms with Crippen molar-refractivity contribution in [3.8, 4) is 11.5 Å². The van der Waals surface area contributed by atoms with E-state index in [-0.39, 0.29) is 23.6 Å². The topological polar surface area (TPSA) is 61.9 Å². The number of hydrogen-bond donors (Lipinski definition) is 2. The Bertz CT molecular complexity index is 672. The lowest BCUT2D eigenvalue weighted by Gasteiger charge is -2.08. The fraction of sp³-hybridized carbons (Fsp3) is 0.125. The molecule has 0 spiro atoms. The first-order chi connectivity index (χ1) is 9.65. The highest BCUT2D eigenvalue weighted by atomic mass is 16.3. The van der Waals surface area contributed by atoms with Crippen LogP contribution < -0.4 is 0 Å². The Labute approximate surface area is 116 Å². The van der Waals surface area contributed by atoms with Crippen LogP contribution in [0, 0.1) is 6.57 Å². The predicted octanol–water partition coefficient (Wildman–Crippen LogP) is 2.79. The number of carbonyl (C=O) groups excluding carboxylic acids is 1. The summed E-state index contributed by atoms with van der Waals surface area (Å²) in [6, 6.07) is 11.6. The zero-order valence-corrected chi connectivity index (χ0v) is 10.7. The molecule has 0 saturated heterocycles. The van der Waals surface area contributed by atoms with Crippen molar-refractivity contribution < 1.29 is 15.0 Å². The highest BCUT2D eigenvalue weighted by Crippen LogP contribution is 2.34. The molecule has 0 bridgehead atoms. The van der Waals surface area contributed by atoms with Crippen LogP contribution in [0.25, 0.3) is 4.85 Å². The van der Waals surface area contributed by atoms with E-state index in [2.05, 4.69) is 4.85 Å². The van der Waals surface area contributed by atoms with Gasteiger partial charge >= 0.3 is 0 Å². The van der Waals surface area contributed by atoms with E-state index >= 15 is 0 Å². The van der Waals surface area contributed by atoms with E-state index in [0.29, 0.717) is 17.5 Å². The van der Waals surface area contributed by atoms with Crippen LogP contribution in [0.15, 0.2) is 42.5 Å². The number of rotatable bonds is 4. The third-order valence-electron chi connectivity index (χ3n) is 3.01. The monoisotopic (exact) mass is 267 g/mol. The number of hydrogen-bond acceptors (Lipinski definition) is 3. The Morgan fingerprint density at radius 2 is 1.75 bits per heavy atom. The second kappa shape index (κ2) is 5.89. The maximum absolute atomic E-state index is 12.2. The van der Waals surface area contributed by atoms with E-state index in [9.17, 15) is 15.0 Å². The largest absolute Gasteiger partial charge is 0.504 e. The summed E-state index contributed by atoms with van der Waals surface area (Å²) in [6.45, 7) is 6.95. The lowest BCUT2D eigenvalue weighted by atomic mass is 9.99. The van der Waals surface area contributed by atoms with E-state index in [0.717, 1.165) is 0 Å². The van der Waals surface area contributed by atoms with Crippen molar-refractivity contribution in [1.29, 1.82) is 0 Å².